The monoisotopic (exact) mass is 412 g/mol. The van der Waals surface area contributed by atoms with Crippen LogP contribution in [0, 0.1) is 11.3 Å². The number of carbonyl (C=O) groups is 2. The topological polar surface area (TPSA) is 88.4 Å². The third-order valence-electron chi connectivity index (χ3n) is 4.83. The number of carbonyl (C=O) groups excluding carboxylic acids is 2. The summed E-state index contributed by atoms with van der Waals surface area (Å²) < 4.78 is 10.8. The number of nitrogens with zero attached hydrogens (tertiary/aromatic N) is 1. The lowest BCUT2D eigenvalue weighted by atomic mass is 10.1. The number of esters is 1. The minimum atomic E-state index is -1.01. The first-order chi connectivity index (χ1) is 14.0. The molecule has 2 aromatic rings. The minimum absolute atomic E-state index is 0.273. The highest BCUT2D eigenvalue weighted by atomic mass is 32.1. The number of amides is 1. The van der Waals surface area contributed by atoms with E-state index in [0.29, 0.717) is 22.9 Å². The minimum Gasteiger partial charge on any atom is -0.493 e. The molecule has 1 unspecified atom stereocenters. The number of nitriles is 1. The third kappa shape index (κ3) is 4.77. The molecule has 1 atom stereocenters. The van der Waals surface area contributed by atoms with Crippen molar-refractivity contribution >= 4 is 28.2 Å². The van der Waals surface area contributed by atoms with Gasteiger partial charge in [-0.25, -0.2) is 4.79 Å². The Kier molecular flexibility index (Phi) is 6.89. The summed E-state index contributed by atoms with van der Waals surface area (Å²) in [5.74, 6) is -0.666. The van der Waals surface area contributed by atoms with Gasteiger partial charge in [0, 0.05) is 4.88 Å². The lowest BCUT2D eigenvalue weighted by Crippen LogP contribution is -2.30. The fourth-order valence-electron chi connectivity index (χ4n) is 3.36. The lowest BCUT2D eigenvalue weighted by Gasteiger charge is -2.15. The first-order valence-corrected chi connectivity index (χ1v) is 10.6. The molecule has 1 heterocycles. The van der Waals surface area contributed by atoms with Crippen molar-refractivity contribution in [3.8, 4) is 11.8 Å². The molecule has 7 heteroatoms. The molecule has 1 N–H and O–H groups in total. The molecule has 0 spiro atoms. The van der Waals surface area contributed by atoms with Crippen LogP contribution < -0.4 is 10.1 Å². The van der Waals surface area contributed by atoms with Gasteiger partial charge in [0.2, 0.25) is 0 Å². The molecule has 152 valence electrons. The summed E-state index contributed by atoms with van der Waals surface area (Å²) in [7, 11) is 0. The standard InChI is InChI=1S/C22H24N2O4S/c1-3-27-18-11-8-7-10-16(18)22(26)28-14(2)20(25)24-21-17(13-23)15-9-5-4-6-12-19(15)29-21/h7-8,10-11,14H,3-6,9,12H2,1-2H3,(H,24,25). The van der Waals surface area contributed by atoms with Gasteiger partial charge in [-0.1, -0.05) is 18.6 Å². The fourth-order valence-corrected chi connectivity index (χ4v) is 4.60. The first kappa shape index (κ1) is 20.9. The van der Waals surface area contributed by atoms with Gasteiger partial charge >= 0.3 is 5.97 Å². The summed E-state index contributed by atoms with van der Waals surface area (Å²) in [4.78, 5) is 26.3. The summed E-state index contributed by atoms with van der Waals surface area (Å²) in [5, 5.41) is 12.9. The van der Waals surface area contributed by atoms with Crippen LogP contribution in [-0.4, -0.2) is 24.6 Å². The molecule has 1 aromatic carbocycles. The zero-order valence-electron chi connectivity index (χ0n) is 16.6. The Bertz CT molecular complexity index is 945. The molecule has 0 aliphatic heterocycles. The zero-order valence-corrected chi connectivity index (χ0v) is 17.4. The van der Waals surface area contributed by atoms with Gasteiger partial charge in [-0.2, -0.15) is 5.26 Å². The molecule has 3 rings (SSSR count). The van der Waals surface area contributed by atoms with Crippen molar-refractivity contribution in [2.24, 2.45) is 0 Å². The number of nitrogens with one attached hydrogen (secondary N) is 1. The maximum absolute atomic E-state index is 12.6. The van der Waals surface area contributed by atoms with Crippen LogP contribution in [0.25, 0.3) is 0 Å². The van der Waals surface area contributed by atoms with Crippen molar-refractivity contribution in [2.45, 2.75) is 52.1 Å². The summed E-state index contributed by atoms with van der Waals surface area (Å²) in [5.41, 5.74) is 1.87. The molecule has 6 nitrogen and oxygen atoms in total. The van der Waals surface area contributed by atoms with Gasteiger partial charge in [-0.05, 0) is 57.2 Å². The number of thiophene rings is 1. The second kappa shape index (κ2) is 9.57. The summed E-state index contributed by atoms with van der Waals surface area (Å²) >= 11 is 1.45. The number of anilines is 1. The number of ether oxygens (including phenoxy) is 2. The van der Waals surface area contributed by atoms with Crippen LogP contribution in [0.1, 0.15) is 59.5 Å². The van der Waals surface area contributed by atoms with Crippen molar-refractivity contribution in [3.05, 3.63) is 45.8 Å². The number of rotatable bonds is 6. The molecule has 0 fully saturated rings. The van der Waals surface area contributed by atoms with Gasteiger partial charge in [0.05, 0.1) is 12.2 Å². The molecule has 0 saturated heterocycles. The normalized spacial score (nSPS) is 14.1. The highest BCUT2D eigenvalue weighted by Crippen LogP contribution is 2.37. The Balaban J connectivity index is 1.70. The second-order valence-corrected chi connectivity index (χ2v) is 7.95. The van der Waals surface area contributed by atoms with Gasteiger partial charge in [0.15, 0.2) is 6.10 Å². The fraction of sp³-hybridized carbons (Fsp3) is 0.409. The van der Waals surface area contributed by atoms with Gasteiger partial charge < -0.3 is 14.8 Å². The molecular formula is C22H24N2O4S. The predicted molar refractivity (Wildman–Crippen MR) is 111 cm³/mol. The largest absolute Gasteiger partial charge is 0.493 e. The van der Waals surface area contributed by atoms with E-state index in [-0.39, 0.29) is 5.56 Å². The van der Waals surface area contributed by atoms with E-state index in [1.165, 1.54) is 23.1 Å². The number of hydrogen-bond acceptors (Lipinski definition) is 6. The Labute approximate surface area is 174 Å². The van der Waals surface area contributed by atoms with Gasteiger partial charge in [-0.15, -0.1) is 11.3 Å². The van der Waals surface area contributed by atoms with Crippen LogP contribution in [0.4, 0.5) is 5.00 Å². The molecule has 1 aliphatic rings. The molecule has 1 aliphatic carbocycles. The van der Waals surface area contributed by atoms with Crippen LogP contribution in [0.3, 0.4) is 0 Å². The van der Waals surface area contributed by atoms with E-state index in [1.807, 2.05) is 6.92 Å². The maximum Gasteiger partial charge on any atom is 0.342 e. The zero-order chi connectivity index (χ0) is 20.8. The van der Waals surface area contributed by atoms with E-state index in [2.05, 4.69) is 11.4 Å². The smallest absolute Gasteiger partial charge is 0.342 e. The molecular weight excluding hydrogens is 388 g/mol. The van der Waals surface area contributed by atoms with E-state index in [0.717, 1.165) is 37.7 Å². The Morgan fingerprint density at radius 2 is 2.00 bits per heavy atom. The van der Waals surface area contributed by atoms with E-state index >= 15 is 0 Å². The number of benzene rings is 1. The average molecular weight is 413 g/mol. The highest BCUT2D eigenvalue weighted by Gasteiger charge is 2.25. The van der Waals surface area contributed by atoms with Crippen molar-refractivity contribution in [3.63, 3.8) is 0 Å². The van der Waals surface area contributed by atoms with Gasteiger partial charge in [0.1, 0.15) is 22.4 Å². The van der Waals surface area contributed by atoms with Crippen LogP contribution in [0.15, 0.2) is 24.3 Å². The number of aryl methyl sites for hydroxylation is 1. The summed E-state index contributed by atoms with van der Waals surface area (Å²) in [6, 6.07) is 8.99. The van der Waals surface area contributed by atoms with Crippen molar-refractivity contribution < 1.29 is 19.1 Å². The average Bonchev–Trinajstić information content (AvgIpc) is 2.87. The molecule has 0 bridgehead atoms. The van der Waals surface area contributed by atoms with Gasteiger partial charge in [0.25, 0.3) is 5.91 Å². The van der Waals surface area contributed by atoms with Crippen molar-refractivity contribution in [1.82, 2.24) is 0 Å². The third-order valence-corrected chi connectivity index (χ3v) is 6.04. The van der Waals surface area contributed by atoms with Gasteiger partial charge in [-0.3, -0.25) is 4.79 Å². The van der Waals surface area contributed by atoms with Crippen molar-refractivity contribution in [1.29, 1.82) is 5.26 Å². The molecule has 0 saturated carbocycles. The molecule has 1 aromatic heterocycles. The summed E-state index contributed by atoms with van der Waals surface area (Å²) in [6.45, 7) is 3.76. The van der Waals surface area contributed by atoms with Crippen LogP contribution in [0.5, 0.6) is 5.75 Å². The van der Waals surface area contributed by atoms with Crippen molar-refractivity contribution in [2.75, 3.05) is 11.9 Å². The van der Waals surface area contributed by atoms with E-state index in [9.17, 15) is 14.9 Å². The quantitative estimate of drug-likeness (QED) is 0.558. The first-order valence-electron chi connectivity index (χ1n) is 9.83. The second-order valence-electron chi connectivity index (χ2n) is 6.85. The number of fused-ring (bicyclic) bond motifs is 1. The Morgan fingerprint density at radius 1 is 1.24 bits per heavy atom. The number of para-hydroxylation sites is 1. The maximum atomic E-state index is 12.6. The number of hydrogen-bond donors (Lipinski definition) is 1. The SMILES string of the molecule is CCOc1ccccc1C(=O)OC(C)C(=O)Nc1sc2c(c1C#N)CCCCC2. The Hall–Kier alpha value is -2.85. The molecule has 1 amide bonds. The highest BCUT2D eigenvalue weighted by molar-refractivity contribution is 7.16. The van der Waals surface area contributed by atoms with E-state index in [1.54, 1.807) is 24.3 Å². The van der Waals surface area contributed by atoms with E-state index < -0.39 is 18.0 Å². The molecule has 0 radical (unpaired) electrons. The predicted octanol–water partition coefficient (Wildman–Crippen LogP) is 4.47. The van der Waals surface area contributed by atoms with E-state index in [4.69, 9.17) is 9.47 Å². The summed E-state index contributed by atoms with van der Waals surface area (Å²) in [6.07, 6.45) is 4.10. The van der Waals surface area contributed by atoms with Crippen LogP contribution in [-0.2, 0) is 22.4 Å². The molecule has 29 heavy (non-hydrogen) atoms. The van der Waals surface area contributed by atoms with Crippen LogP contribution in [0.2, 0.25) is 0 Å². The van der Waals surface area contributed by atoms with Crippen LogP contribution >= 0.6 is 11.3 Å². The Morgan fingerprint density at radius 3 is 2.76 bits per heavy atom. The lowest BCUT2D eigenvalue weighted by molar-refractivity contribution is -0.123.